The molecule has 0 heterocycles. The quantitative estimate of drug-likeness (QED) is 0.745. The van der Waals surface area contributed by atoms with E-state index in [0.29, 0.717) is 6.54 Å². The zero-order valence-corrected chi connectivity index (χ0v) is 8.66. The summed E-state index contributed by atoms with van der Waals surface area (Å²) in [5.74, 6) is 0.880. The van der Waals surface area contributed by atoms with Gasteiger partial charge in [0.1, 0.15) is 5.75 Å². The molecule has 0 aliphatic rings. The van der Waals surface area contributed by atoms with E-state index in [1.54, 1.807) is 7.11 Å². The van der Waals surface area contributed by atoms with Crippen LogP contribution in [0.2, 0.25) is 0 Å². The molecule has 0 aromatic heterocycles. The Labute approximate surface area is 84.7 Å². The predicted molar refractivity (Wildman–Crippen MR) is 56.5 cm³/mol. The van der Waals surface area contributed by atoms with E-state index in [1.165, 1.54) is 0 Å². The topological polar surface area (TPSA) is 41.5 Å². The summed E-state index contributed by atoms with van der Waals surface area (Å²) in [6.07, 6.45) is 0. The summed E-state index contributed by atoms with van der Waals surface area (Å²) in [5, 5.41) is 11.9. The fourth-order valence-corrected chi connectivity index (χ4v) is 1.42. The first-order valence-electron chi connectivity index (χ1n) is 4.76. The summed E-state index contributed by atoms with van der Waals surface area (Å²) >= 11 is 0. The molecule has 0 fully saturated rings. The standard InChI is InChI=1S/C11H17NO2/c1-9(12-7-8-13)10-5-3-4-6-11(10)14-2/h3-6,9,12-13H,7-8H2,1-2H3/t9-/m0/s1. The van der Waals surface area contributed by atoms with Crippen LogP contribution in [0.25, 0.3) is 0 Å². The van der Waals surface area contributed by atoms with Gasteiger partial charge in [-0.3, -0.25) is 0 Å². The molecule has 1 aromatic rings. The van der Waals surface area contributed by atoms with Crippen LogP contribution in [0.3, 0.4) is 0 Å². The Hall–Kier alpha value is -1.06. The number of methoxy groups -OCH3 is 1. The minimum atomic E-state index is 0.152. The second kappa shape index (κ2) is 5.62. The summed E-state index contributed by atoms with van der Waals surface area (Å²) in [5.41, 5.74) is 1.11. The fourth-order valence-electron chi connectivity index (χ4n) is 1.42. The molecular weight excluding hydrogens is 178 g/mol. The Kier molecular flexibility index (Phi) is 4.43. The summed E-state index contributed by atoms with van der Waals surface area (Å²) in [6, 6.07) is 8.08. The van der Waals surface area contributed by atoms with Crippen molar-refractivity contribution >= 4 is 0 Å². The van der Waals surface area contributed by atoms with E-state index in [9.17, 15) is 0 Å². The monoisotopic (exact) mass is 195 g/mol. The predicted octanol–water partition coefficient (Wildman–Crippen LogP) is 1.34. The van der Waals surface area contributed by atoms with Crippen molar-refractivity contribution < 1.29 is 9.84 Å². The third-order valence-electron chi connectivity index (χ3n) is 2.17. The van der Waals surface area contributed by atoms with E-state index < -0.39 is 0 Å². The van der Waals surface area contributed by atoms with Crippen LogP contribution in [0.5, 0.6) is 5.75 Å². The summed E-state index contributed by atoms with van der Waals surface area (Å²) in [6.45, 7) is 2.80. The van der Waals surface area contributed by atoms with Crippen LogP contribution in [-0.4, -0.2) is 25.4 Å². The maximum absolute atomic E-state index is 8.69. The molecule has 0 aliphatic carbocycles. The zero-order chi connectivity index (χ0) is 10.4. The number of aliphatic hydroxyl groups is 1. The Morgan fingerprint density at radius 2 is 2.14 bits per heavy atom. The highest BCUT2D eigenvalue weighted by Crippen LogP contribution is 2.23. The molecule has 1 atom stereocenters. The molecule has 0 radical (unpaired) electrons. The molecule has 2 N–H and O–H groups in total. The number of ether oxygens (including phenoxy) is 1. The van der Waals surface area contributed by atoms with Crippen molar-refractivity contribution in [1.29, 1.82) is 0 Å². The Bertz CT molecular complexity index is 276. The lowest BCUT2D eigenvalue weighted by Gasteiger charge is -2.16. The lowest BCUT2D eigenvalue weighted by Crippen LogP contribution is -2.22. The smallest absolute Gasteiger partial charge is 0.123 e. The van der Waals surface area contributed by atoms with Crippen molar-refractivity contribution in [2.24, 2.45) is 0 Å². The summed E-state index contributed by atoms with van der Waals surface area (Å²) < 4.78 is 5.24. The second-order valence-electron chi connectivity index (χ2n) is 3.14. The maximum Gasteiger partial charge on any atom is 0.123 e. The number of para-hydroxylation sites is 1. The highest BCUT2D eigenvalue weighted by atomic mass is 16.5. The molecule has 0 unspecified atom stereocenters. The molecule has 0 spiro atoms. The van der Waals surface area contributed by atoms with Gasteiger partial charge in [0.05, 0.1) is 13.7 Å². The molecule has 3 heteroatoms. The van der Waals surface area contributed by atoms with Crippen LogP contribution in [0, 0.1) is 0 Å². The van der Waals surface area contributed by atoms with Crippen molar-refractivity contribution in [2.45, 2.75) is 13.0 Å². The third-order valence-corrected chi connectivity index (χ3v) is 2.17. The van der Waals surface area contributed by atoms with Gasteiger partial charge in [0.15, 0.2) is 0 Å². The number of hydrogen-bond acceptors (Lipinski definition) is 3. The summed E-state index contributed by atoms with van der Waals surface area (Å²) in [7, 11) is 1.66. The third kappa shape index (κ3) is 2.72. The number of rotatable bonds is 5. The molecule has 0 bridgehead atoms. The van der Waals surface area contributed by atoms with Crippen LogP contribution < -0.4 is 10.1 Å². The molecule has 3 nitrogen and oxygen atoms in total. The van der Waals surface area contributed by atoms with Crippen LogP contribution >= 0.6 is 0 Å². The Morgan fingerprint density at radius 1 is 1.43 bits per heavy atom. The molecule has 1 aromatic carbocycles. The molecule has 0 aliphatic heterocycles. The molecule has 0 amide bonds. The summed E-state index contributed by atoms with van der Waals surface area (Å²) in [4.78, 5) is 0. The van der Waals surface area contributed by atoms with E-state index in [-0.39, 0.29) is 12.6 Å². The van der Waals surface area contributed by atoms with E-state index in [0.717, 1.165) is 11.3 Å². The van der Waals surface area contributed by atoms with Gasteiger partial charge in [0.2, 0.25) is 0 Å². The van der Waals surface area contributed by atoms with Crippen molar-refractivity contribution in [1.82, 2.24) is 5.32 Å². The van der Waals surface area contributed by atoms with Crippen LogP contribution in [0.4, 0.5) is 0 Å². The molecule has 14 heavy (non-hydrogen) atoms. The Balaban J connectivity index is 2.72. The molecule has 0 saturated carbocycles. The first-order chi connectivity index (χ1) is 6.79. The van der Waals surface area contributed by atoms with Crippen LogP contribution in [-0.2, 0) is 0 Å². The average molecular weight is 195 g/mol. The largest absolute Gasteiger partial charge is 0.496 e. The Morgan fingerprint density at radius 3 is 2.79 bits per heavy atom. The highest BCUT2D eigenvalue weighted by Gasteiger charge is 2.08. The van der Waals surface area contributed by atoms with Gasteiger partial charge in [-0.15, -0.1) is 0 Å². The minimum absolute atomic E-state index is 0.152. The first kappa shape index (κ1) is 11.0. The number of hydrogen-bond donors (Lipinski definition) is 2. The van der Waals surface area contributed by atoms with Gasteiger partial charge in [-0.05, 0) is 13.0 Å². The van der Waals surface area contributed by atoms with Gasteiger partial charge in [-0.1, -0.05) is 18.2 Å². The zero-order valence-electron chi connectivity index (χ0n) is 8.66. The van der Waals surface area contributed by atoms with E-state index >= 15 is 0 Å². The maximum atomic E-state index is 8.69. The normalized spacial score (nSPS) is 12.5. The average Bonchev–Trinajstić information content (AvgIpc) is 2.25. The van der Waals surface area contributed by atoms with E-state index in [2.05, 4.69) is 5.32 Å². The van der Waals surface area contributed by atoms with Crippen LogP contribution in [0.15, 0.2) is 24.3 Å². The van der Waals surface area contributed by atoms with Gasteiger partial charge in [0.25, 0.3) is 0 Å². The van der Waals surface area contributed by atoms with Gasteiger partial charge in [-0.25, -0.2) is 0 Å². The molecule has 78 valence electrons. The van der Waals surface area contributed by atoms with Gasteiger partial charge in [-0.2, -0.15) is 0 Å². The molecule has 1 rings (SSSR count). The molecule has 0 saturated heterocycles. The van der Waals surface area contributed by atoms with Crippen molar-refractivity contribution in [3.8, 4) is 5.75 Å². The SMILES string of the molecule is COc1ccccc1[C@H](C)NCCO. The van der Waals surface area contributed by atoms with E-state index in [1.807, 2.05) is 31.2 Å². The molecular formula is C11H17NO2. The van der Waals surface area contributed by atoms with E-state index in [4.69, 9.17) is 9.84 Å². The second-order valence-corrected chi connectivity index (χ2v) is 3.14. The number of nitrogens with one attached hydrogen (secondary N) is 1. The highest BCUT2D eigenvalue weighted by molar-refractivity contribution is 5.35. The van der Waals surface area contributed by atoms with Crippen molar-refractivity contribution in [3.05, 3.63) is 29.8 Å². The lowest BCUT2D eigenvalue weighted by molar-refractivity contribution is 0.285. The van der Waals surface area contributed by atoms with Gasteiger partial charge in [0, 0.05) is 18.2 Å². The first-order valence-corrected chi connectivity index (χ1v) is 4.76. The van der Waals surface area contributed by atoms with Gasteiger partial charge < -0.3 is 15.2 Å². The van der Waals surface area contributed by atoms with Crippen molar-refractivity contribution in [2.75, 3.05) is 20.3 Å². The minimum Gasteiger partial charge on any atom is -0.496 e. The van der Waals surface area contributed by atoms with Gasteiger partial charge >= 0.3 is 0 Å². The fraction of sp³-hybridized carbons (Fsp3) is 0.455. The number of benzene rings is 1. The number of aliphatic hydroxyl groups excluding tert-OH is 1. The van der Waals surface area contributed by atoms with Crippen molar-refractivity contribution in [3.63, 3.8) is 0 Å². The van der Waals surface area contributed by atoms with Crippen LogP contribution in [0.1, 0.15) is 18.5 Å². The lowest BCUT2D eigenvalue weighted by atomic mass is 10.1.